The fourth-order valence-corrected chi connectivity index (χ4v) is 1.78. The van der Waals surface area contributed by atoms with Crippen molar-refractivity contribution in [2.45, 2.75) is 26.3 Å². The lowest BCUT2D eigenvalue weighted by Gasteiger charge is -2.13. The van der Waals surface area contributed by atoms with Crippen molar-refractivity contribution in [2.75, 3.05) is 0 Å². The number of aromatic nitrogens is 4. The van der Waals surface area contributed by atoms with Gasteiger partial charge < -0.3 is 15.3 Å². The first-order chi connectivity index (χ1) is 9.11. The number of nitrogens with zero attached hydrogens (tertiary/aromatic N) is 2. The Balaban J connectivity index is 2.33. The van der Waals surface area contributed by atoms with Crippen LogP contribution in [0.5, 0.6) is 0 Å². The molecule has 0 saturated heterocycles. The van der Waals surface area contributed by atoms with E-state index in [-0.39, 0.29) is 17.2 Å². The molecule has 0 aliphatic carbocycles. The highest BCUT2D eigenvalue weighted by atomic mass is 16.1. The Bertz CT molecular complexity index is 617. The van der Waals surface area contributed by atoms with Crippen molar-refractivity contribution in [1.82, 2.24) is 25.5 Å². The zero-order valence-corrected chi connectivity index (χ0v) is 10.7. The Hall–Kier alpha value is -2.44. The number of carbonyl (C=O) groups is 1. The Kier molecular flexibility index (Phi) is 3.74. The summed E-state index contributed by atoms with van der Waals surface area (Å²) < 4.78 is 0. The predicted molar refractivity (Wildman–Crippen MR) is 69.3 cm³/mol. The SMILES string of the molecule is CCC(NC(C)=O)c1nnc(-c2ccc[nH]2)[nH]c1=O. The summed E-state index contributed by atoms with van der Waals surface area (Å²) in [7, 11) is 0. The Morgan fingerprint density at radius 1 is 1.47 bits per heavy atom. The first-order valence-electron chi connectivity index (χ1n) is 5.99. The highest BCUT2D eigenvalue weighted by molar-refractivity contribution is 5.73. The summed E-state index contributed by atoms with van der Waals surface area (Å²) in [5.74, 6) is 0.165. The number of H-pyrrole nitrogens is 2. The molecular formula is C12H15N5O2. The molecule has 0 spiro atoms. The van der Waals surface area contributed by atoms with E-state index < -0.39 is 6.04 Å². The van der Waals surface area contributed by atoms with Gasteiger partial charge in [0.15, 0.2) is 11.5 Å². The van der Waals surface area contributed by atoms with Gasteiger partial charge in [-0.2, -0.15) is 0 Å². The molecule has 0 aromatic carbocycles. The molecule has 3 N–H and O–H groups in total. The average Bonchev–Trinajstić information content (AvgIpc) is 2.89. The third-order valence-corrected chi connectivity index (χ3v) is 2.69. The van der Waals surface area contributed by atoms with Gasteiger partial charge in [0.05, 0.1) is 11.7 Å². The molecular weight excluding hydrogens is 246 g/mol. The van der Waals surface area contributed by atoms with Crippen LogP contribution in [0.4, 0.5) is 0 Å². The van der Waals surface area contributed by atoms with Gasteiger partial charge in [0.25, 0.3) is 5.56 Å². The zero-order valence-electron chi connectivity index (χ0n) is 10.7. The van der Waals surface area contributed by atoms with Gasteiger partial charge in [0.1, 0.15) is 0 Å². The highest BCUT2D eigenvalue weighted by Crippen LogP contribution is 2.12. The molecule has 2 aromatic heterocycles. The largest absolute Gasteiger partial charge is 0.359 e. The number of aromatic amines is 2. The van der Waals surface area contributed by atoms with Crippen LogP contribution in [-0.4, -0.2) is 26.1 Å². The minimum absolute atomic E-state index is 0.207. The van der Waals surface area contributed by atoms with Crippen LogP contribution >= 0.6 is 0 Å². The first-order valence-corrected chi connectivity index (χ1v) is 5.99. The van der Waals surface area contributed by atoms with Gasteiger partial charge in [-0.1, -0.05) is 6.92 Å². The molecule has 19 heavy (non-hydrogen) atoms. The number of rotatable bonds is 4. The molecule has 0 radical (unpaired) electrons. The van der Waals surface area contributed by atoms with Crippen LogP contribution in [0, 0.1) is 0 Å². The van der Waals surface area contributed by atoms with E-state index in [0.29, 0.717) is 17.9 Å². The van der Waals surface area contributed by atoms with Crippen molar-refractivity contribution in [3.63, 3.8) is 0 Å². The first kappa shape index (κ1) is 13.0. The number of hydrogen-bond donors (Lipinski definition) is 3. The zero-order chi connectivity index (χ0) is 13.8. The third kappa shape index (κ3) is 2.87. The van der Waals surface area contributed by atoms with E-state index in [1.807, 2.05) is 6.92 Å². The van der Waals surface area contributed by atoms with Crippen molar-refractivity contribution in [3.05, 3.63) is 34.4 Å². The van der Waals surface area contributed by atoms with Gasteiger partial charge >= 0.3 is 0 Å². The lowest BCUT2D eigenvalue weighted by molar-refractivity contribution is -0.119. The maximum absolute atomic E-state index is 12.0. The second-order valence-corrected chi connectivity index (χ2v) is 4.13. The molecule has 0 bridgehead atoms. The topological polar surface area (TPSA) is 104 Å². The maximum Gasteiger partial charge on any atom is 0.275 e. The second-order valence-electron chi connectivity index (χ2n) is 4.13. The third-order valence-electron chi connectivity index (χ3n) is 2.69. The Morgan fingerprint density at radius 3 is 2.79 bits per heavy atom. The van der Waals surface area contributed by atoms with Crippen molar-refractivity contribution in [3.8, 4) is 11.5 Å². The van der Waals surface area contributed by atoms with E-state index in [1.54, 1.807) is 18.3 Å². The molecule has 2 rings (SSSR count). The molecule has 7 heteroatoms. The summed E-state index contributed by atoms with van der Waals surface area (Å²) in [4.78, 5) is 28.7. The van der Waals surface area contributed by atoms with Crippen LogP contribution in [0.25, 0.3) is 11.5 Å². The molecule has 2 heterocycles. The van der Waals surface area contributed by atoms with E-state index >= 15 is 0 Å². The van der Waals surface area contributed by atoms with Crippen LogP contribution in [0.3, 0.4) is 0 Å². The molecule has 100 valence electrons. The summed E-state index contributed by atoms with van der Waals surface area (Å²) >= 11 is 0. The number of hydrogen-bond acceptors (Lipinski definition) is 4. The lowest BCUT2D eigenvalue weighted by Crippen LogP contribution is -2.32. The van der Waals surface area contributed by atoms with Crippen LogP contribution in [0.15, 0.2) is 23.1 Å². The molecule has 7 nitrogen and oxygen atoms in total. The second kappa shape index (κ2) is 5.47. The summed E-state index contributed by atoms with van der Waals surface area (Å²) in [5.41, 5.74) is 0.553. The number of amides is 1. The molecule has 1 atom stereocenters. The van der Waals surface area contributed by atoms with Crippen molar-refractivity contribution < 1.29 is 4.79 Å². The normalized spacial score (nSPS) is 12.1. The molecule has 0 aliphatic rings. The lowest BCUT2D eigenvalue weighted by atomic mass is 10.1. The molecule has 1 unspecified atom stereocenters. The summed E-state index contributed by atoms with van der Waals surface area (Å²) in [6, 6.07) is 3.16. The van der Waals surface area contributed by atoms with Gasteiger partial charge in [-0.25, -0.2) is 0 Å². The smallest absolute Gasteiger partial charge is 0.275 e. The molecule has 2 aromatic rings. The number of nitrogens with one attached hydrogen (secondary N) is 3. The van der Waals surface area contributed by atoms with Crippen molar-refractivity contribution >= 4 is 5.91 Å². The Labute approximate surface area is 109 Å². The van der Waals surface area contributed by atoms with Crippen LogP contribution < -0.4 is 10.9 Å². The molecule has 0 aliphatic heterocycles. The predicted octanol–water partition coefficient (Wildman–Crippen LogP) is 0.747. The van der Waals surface area contributed by atoms with Gasteiger partial charge in [0.2, 0.25) is 5.91 Å². The van der Waals surface area contributed by atoms with Gasteiger partial charge in [-0.3, -0.25) is 9.59 Å². The van der Waals surface area contributed by atoms with Gasteiger partial charge in [0, 0.05) is 13.1 Å². The fraction of sp³-hybridized carbons (Fsp3) is 0.333. The number of carbonyl (C=O) groups excluding carboxylic acids is 1. The van der Waals surface area contributed by atoms with E-state index in [4.69, 9.17) is 0 Å². The fourth-order valence-electron chi connectivity index (χ4n) is 1.78. The quantitative estimate of drug-likeness (QED) is 0.755. The molecule has 1 amide bonds. The van der Waals surface area contributed by atoms with E-state index in [0.717, 1.165) is 0 Å². The minimum Gasteiger partial charge on any atom is -0.359 e. The molecule has 0 fully saturated rings. The monoisotopic (exact) mass is 261 g/mol. The summed E-state index contributed by atoms with van der Waals surface area (Å²) in [6.45, 7) is 3.26. The van der Waals surface area contributed by atoms with Crippen molar-refractivity contribution in [1.29, 1.82) is 0 Å². The minimum atomic E-state index is -0.425. The van der Waals surface area contributed by atoms with E-state index in [1.165, 1.54) is 6.92 Å². The summed E-state index contributed by atoms with van der Waals surface area (Å²) in [6.07, 6.45) is 2.30. The molecule has 0 saturated carbocycles. The average molecular weight is 261 g/mol. The van der Waals surface area contributed by atoms with Gasteiger partial charge in [-0.05, 0) is 18.6 Å². The van der Waals surface area contributed by atoms with Crippen LogP contribution in [0.2, 0.25) is 0 Å². The standard InChI is InChI=1S/C12H15N5O2/c1-3-8(14-7(2)18)10-12(19)15-11(17-16-10)9-5-4-6-13-9/h4-6,8,13H,3H2,1-2H3,(H,14,18)(H,15,17,19). The Morgan fingerprint density at radius 2 is 2.26 bits per heavy atom. The van der Waals surface area contributed by atoms with Gasteiger partial charge in [-0.15, -0.1) is 10.2 Å². The van der Waals surface area contributed by atoms with Crippen LogP contribution in [0.1, 0.15) is 32.0 Å². The van der Waals surface area contributed by atoms with Crippen LogP contribution in [-0.2, 0) is 4.79 Å². The van der Waals surface area contributed by atoms with E-state index in [2.05, 4.69) is 25.5 Å². The van der Waals surface area contributed by atoms with Crippen molar-refractivity contribution in [2.24, 2.45) is 0 Å². The maximum atomic E-state index is 12.0. The van der Waals surface area contributed by atoms with E-state index in [9.17, 15) is 9.59 Å². The summed E-state index contributed by atoms with van der Waals surface area (Å²) in [5, 5.41) is 10.6. The highest BCUT2D eigenvalue weighted by Gasteiger charge is 2.17.